The van der Waals surface area contributed by atoms with E-state index in [1.807, 2.05) is 0 Å². The highest BCUT2D eigenvalue weighted by Gasteiger charge is 2.52. The summed E-state index contributed by atoms with van der Waals surface area (Å²) in [5.41, 5.74) is -0.587. The van der Waals surface area contributed by atoms with Crippen LogP contribution in [0.3, 0.4) is 0 Å². The highest BCUT2D eigenvalue weighted by atomic mass is 19.1. The normalized spacial score (nSPS) is 22.0. The monoisotopic (exact) mass is 418 g/mol. The Bertz CT molecular complexity index is 838. The van der Waals surface area contributed by atoms with Gasteiger partial charge in [-0.3, -0.25) is 19.3 Å². The number of likely N-dealkylation sites (N-methyl/N-ethyl adjacent to an activating group) is 1. The number of carbonyl (C=O) groups is 4. The van der Waals surface area contributed by atoms with Crippen molar-refractivity contribution in [2.24, 2.45) is 5.92 Å². The number of halogens is 1. The topological polar surface area (TPSA) is 98.8 Å². The van der Waals surface area contributed by atoms with Gasteiger partial charge >= 0.3 is 6.03 Å². The molecule has 1 saturated carbocycles. The van der Waals surface area contributed by atoms with Gasteiger partial charge in [0, 0.05) is 12.7 Å². The van der Waals surface area contributed by atoms with E-state index in [-0.39, 0.29) is 12.5 Å². The van der Waals surface area contributed by atoms with Crippen LogP contribution in [0.25, 0.3) is 0 Å². The molecule has 0 radical (unpaired) electrons. The zero-order valence-corrected chi connectivity index (χ0v) is 17.2. The molecule has 2 N–H and O–H groups in total. The average Bonchev–Trinajstić information content (AvgIpc) is 2.94. The minimum absolute atomic E-state index is 0.0574. The molecule has 2 aliphatic rings. The van der Waals surface area contributed by atoms with Gasteiger partial charge in [-0.25, -0.2) is 9.18 Å². The van der Waals surface area contributed by atoms with Crippen molar-refractivity contribution < 1.29 is 23.6 Å². The van der Waals surface area contributed by atoms with E-state index < -0.39 is 41.7 Å². The molecule has 1 aromatic carbocycles. The zero-order valence-electron chi connectivity index (χ0n) is 17.2. The predicted octanol–water partition coefficient (Wildman–Crippen LogP) is 2.11. The number of hydrogen-bond acceptors (Lipinski definition) is 4. The van der Waals surface area contributed by atoms with Crippen LogP contribution in [0.2, 0.25) is 0 Å². The lowest BCUT2D eigenvalue weighted by molar-refractivity contribution is -0.140. The summed E-state index contributed by atoms with van der Waals surface area (Å²) in [5, 5.41) is 5.34. The Labute approximate surface area is 174 Å². The largest absolute Gasteiger partial charge is 0.335 e. The second kappa shape index (κ2) is 8.81. The molecular formula is C21H27FN4O4. The molecule has 1 aliphatic carbocycles. The smallest absolute Gasteiger partial charge is 0.325 e. The van der Waals surface area contributed by atoms with E-state index in [2.05, 4.69) is 10.6 Å². The lowest BCUT2D eigenvalue weighted by Crippen LogP contribution is -2.51. The summed E-state index contributed by atoms with van der Waals surface area (Å²) >= 11 is 0. The van der Waals surface area contributed by atoms with E-state index in [0.29, 0.717) is 5.69 Å². The molecule has 1 aromatic rings. The van der Waals surface area contributed by atoms with Gasteiger partial charge in [-0.15, -0.1) is 0 Å². The molecular weight excluding hydrogens is 391 g/mol. The number of urea groups is 1. The Kier molecular flexibility index (Phi) is 6.38. The van der Waals surface area contributed by atoms with Crippen LogP contribution in [0, 0.1) is 11.7 Å². The quantitative estimate of drug-likeness (QED) is 0.692. The van der Waals surface area contributed by atoms with Gasteiger partial charge in [0.2, 0.25) is 11.8 Å². The number of amides is 5. The first kappa shape index (κ1) is 21.7. The van der Waals surface area contributed by atoms with E-state index in [4.69, 9.17) is 0 Å². The highest BCUT2D eigenvalue weighted by molar-refractivity contribution is 6.09. The fourth-order valence-corrected chi connectivity index (χ4v) is 4.11. The number of imide groups is 1. The highest BCUT2D eigenvalue weighted by Crippen LogP contribution is 2.36. The van der Waals surface area contributed by atoms with Crippen LogP contribution in [0.5, 0.6) is 0 Å². The van der Waals surface area contributed by atoms with Crippen molar-refractivity contribution >= 4 is 29.4 Å². The van der Waals surface area contributed by atoms with Crippen molar-refractivity contribution in [2.45, 2.75) is 44.6 Å². The Morgan fingerprint density at radius 1 is 1.20 bits per heavy atom. The van der Waals surface area contributed by atoms with Crippen LogP contribution in [0.4, 0.5) is 14.9 Å². The van der Waals surface area contributed by atoms with E-state index in [1.54, 1.807) is 6.92 Å². The molecule has 162 valence electrons. The predicted molar refractivity (Wildman–Crippen MR) is 108 cm³/mol. The van der Waals surface area contributed by atoms with Crippen molar-refractivity contribution in [3.05, 3.63) is 30.1 Å². The van der Waals surface area contributed by atoms with Gasteiger partial charge in [0.25, 0.3) is 5.91 Å². The third-order valence-electron chi connectivity index (χ3n) is 5.95. The Hall–Kier alpha value is -2.97. The maximum Gasteiger partial charge on any atom is 0.325 e. The number of nitrogens with one attached hydrogen (secondary N) is 2. The van der Waals surface area contributed by atoms with Crippen LogP contribution < -0.4 is 10.6 Å². The number of anilines is 1. The minimum Gasteiger partial charge on any atom is -0.335 e. The van der Waals surface area contributed by atoms with Gasteiger partial charge < -0.3 is 15.5 Å². The fourth-order valence-electron chi connectivity index (χ4n) is 4.11. The maximum atomic E-state index is 12.9. The molecule has 9 heteroatoms. The van der Waals surface area contributed by atoms with Crippen LogP contribution >= 0.6 is 0 Å². The maximum absolute atomic E-state index is 12.9. The summed E-state index contributed by atoms with van der Waals surface area (Å²) in [6.07, 6.45) is 4.91. The Balaban J connectivity index is 1.56. The molecule has 1 aliphatic heterocycles. The molecule has 30 heavy (non-hydrogen) atoms. The first-order valence-electron chi connectivity index (χ1n) is 10.1. The number of hydrogen-bond donors (Lipinski definition) is 2. The molecule has 2 fully saturated rings. The van der Waals surface area contributed by atoms with E-state index in [0.717, 1.165) is 41.9 Å². The van der Waals surface area contributed by atoms with E-state index in [1.165, 1.54) is 31.3 Å². The van der Waals surface area contributed by atoms with Gasteiger partial charge in [-0.2, -0.15) is 0 Å². The lowest BCUT2D eigenvalue weighted by Gasteiger charge is -2.34. The zero-order chi connectivity index (χ0) is 21.9. The molecule has 3 rings (SSSR count). The molecule has 0 bridgehead atoms. The van der Waals surface area contributed by atoms with Crippen molar-refractivity contribution in [3.8, 4) is 0 Å². The molecule has 8 nitrogen and oxygen atoms in total. The number of rotatable bonds is 6. The lowest BCUT2D eigenvalue weighted by atomic mass is 9.75. The number of carbonyl (C=O) groups excluding carboxylic acids is 4. The molecule has 5 amide bonds. The number of benzene rings is 1. The first-order valence-corrected chi connectivity index (χ1v) is 10.1. The van der Waals surface area contributed by atoms with Crippen LogP contribution in [-0.4, -0.2) is 59.2 Å². The molecule has 0 spiro atoms. The number of nitrogens with zero attached hydrogens (tertiary/aromatic N) is 2. The van der Waals surface area contributed by atoms with Crippen LogP contribution in [0.15, 0.2) is 24.3 Å². The molecule has 1 saturated heterocycles. The van der Waals surface area contributed by atoms with Crippen molar-refractivity contribution in [2.75, 3.05) is 25.5 Å². The van der Waals surface area contributed by atoms with Gasteiger partial charge in [0.05, 0.1) is 6.54 Å². The molecule has 0 aromatic heterocycles. The third-order valence-corrected chi connectivity index (χ3v) is 5.95. The summed E-state index contributed by atoms with van der Waals surface area (Å²) in [6, 6.07) is 4.67. The van der Waals surface area contributed by atoms with Crippen molar-refractivity contribution in [3.63, 3.8) is 0 Å². The van der Waals surface area contributed by atoms with E-state index in [9.17, 15) is 23.6 Å². The first-order chi connectivity index (χ1) is 14.2. The average molecular weight is 418 g/mol. The van der Waals surface area contributed by atoms with Gasteiger partial charge in [-0.1, -0.05) is 19.3 Å². The standard InChI is InChI=1S/C21H27FN4O4/c1-21(14-6-4-3-5-7-14)19(29)26(20(30)24-21)13-18(28)25(2)12-17(27)23-16-10-8-15(22)9-11-16/h8-11,14H,3-7,12-13H2,1-2H3,(H,23,27)(H,24,30)/t21-/m0/s1. The molecule has 1 atom stereocenters. The molecule has 0 unspecified atom stereocenters. The van der Waals surface area contributed by atoms with E-state index >= 15 is 0 Å². The molecule has 1 heterocycles. The van der Waals surface area contributed by atoms with Crippen LogP contribution in [-0.2, 0) is 14.4 Å². The van der Waals surface area contributed by atoms with Gasteiger partial charge in [-0.05, 0) is 49.9 Å². The fraction of sp³-hybridized carbons (Fsp3) is 0.524. The summed E-state index contributed by atoms with van der Waals surface area (Å²) in [4.78, 5) is 52.1. The van der Waals surface area contributed by atoms with Crippen molar-refractivity contribution in [1.29, 1.82) is 0 Å². The van der Waals surface area contributed by atoms with Gasteiger partial charge in [0.1, 0.15) is 17.9 Å². The van der Waals surface area contributed by atoms with Gasteiger partial charge in [0.15, 0.2) is 0 Å². The van der Waals surface area contributed by atoms with Crippen LogP contribution in [0.1, 0.15) is 39.0 Å². The third kappa shape index (κ3) is 4.60. The summed E-state index contributed by atoms with van der Waals surface area (Å²) < 4.78 is 12.9. The van der Waals surface area contributed by atoms with Crippen molar-refractivity contribution in [1.82, 2.24) is 15.1 Å². The minimum atomic E-state index is -0.990. The second-order valence-electron chi connectivity index (χ2n) is 8.16. The SMILES string of the molecule is CN(CC(=O)Nc1ccc(F)cc1)C(=O)CN1C(=O)N[C@@](C)(C2CCCCC2)C1=O. The Morgan fingerprint density at radius 3 is 2.47 bits per heavy atom. The second-order valence-corrected chi connectivity index (χ2v) is 8.16. The Morgan fingerprint density at radius 2 is 1.83 bits per heavy atom. The summed E-state index contributed by atoms with van der Waals surface area (Å²) in [6.45, 7) is 1.04. The summed E-state index contributed by atoms with van der Waals surface area (Å²) in [5.74, 6) is -1.75. The summed E-state index contributed by atoms with van der Waals surface area (Å²) in [7, 11) is 1.42.